The highest BCUT2D eigenvalue weighted by molar-refractivity contribution is 6.39. The van der Waals surface area contributed by atoms with Gasteiger partial charge in [0, 0.05) is 0 Å². The van der Waals surface area contributed by atoms with Crippen LogP contribution in [0.15, 0.2) is 72.8 Å². The van der Waals surface area contributed by atoms with E-state index in [2.05, 4.69) is 5.32 Å². The van der Waals surface area contributed by atoms with Crippen molar-refractivity contribution in [3.63, 3.8) is 0 Å². The fourth-order valence-corrected chi connectivity index (χ4v) is 3.18. The lowest BCUT2D eigenvalue weighted by atomic mass is 10.00. The predicted molar refractivity (Wildman–Crippen MR) is 111 cm³/mol. The second kappa shape index (κ2) is 9.40. The van der Waals surface area contributed by atoms with Crippen LogP contribution in [0.2, 0.25) is 10.0 Å². The number of nitrogens with one attached hydrogen (secondary N) is 1. The van der Waals surface area contributed by atoms with Crippen molar-refractivity contribution in [3.8, 4) is 0 Å². The molecule has 3 aromatic rings. The molecular formula is C22H17Cl2NO3. The topological polar surface area (TPSA) is 55.4 Å². The molecule has 0 aliphatic heterocycles. The molecule has 1 amide bonds. The number of hydrogen-bond donors (Lipinski definition) is 1. The molecule has 3 rings (SSSR count). The summed E-state index contributed by atoms with van der Waals surface area (Å²) in [6, 6.07) is 21.9. The Bertz CT molecular complexity index is 970. The molecule has 0 fully saturated rings. The van der Waals surface area contributed by atoms with Crippen LogP contribution in [0.25, 0.3) is 0 Å². The molecule has 28 heavy (non-hydrogen) atoms. The lowest BCUT2D eigenvalue weighted by Gasteiger charge is -2.11. The molecule has 0 aromatic heterocycles. The minimum absolute atomic E-state index is 0.288. The Balaban J connectivity index is 1.64. The van der Waals surface area contributed by atoms with Gasteiger partial charge < -0.3 is 10.1 Å². The minimum Gasteiger partial charge on any atom is -0.452 e. The summed E-state index contributed by atoms with van der Waals surface area (Å²) in [5.74, 6) is -1.09. The Morgan fingerprint density at radius 1 is 0.821 bits per heavy atom. The van der Waals surface area contributed by atoms with Crippen molar-refractivity contribution in [1.29, 1.82) is 0 Å². The van der Waals surface area contributed by atoms with Crippen molar-refractivity contribution >= 4 is 40.8 Å². The molecular weight excluding hydrogens is 397 g/mol. The zero-order valence-corrected chi connectivity index (χ0v) is 16.3. The highest BCUT2D eigenvalue weighted by Gasteiger charge is 2.16. The molecule has 0 aliphatic carbocycles. The SMILES string of the molecule is O=C(COC(=O)c1ccccc1Cc1ccccc1)Nc1c(Cl)cccc1Cl. The van der Waals surface area contributed by atoms with Crippen LogP contribution in [-0.2, 0) is 16.0 Å². The number of rotatable bonds is 6. The zero-order chi connectivity index (χ0) is 19.9. The van der Waals surface area contributed by atoms with Crippen molar-refractivity contribution in [2.24, 2.45) is 0 Å². The van der Waals surface area contributed by atoms with Gasteiger partial charge in [0.05, 0.1) is 21.3 Å². The van der Waals surface area contributed by atoms with Crippen LogP contribution in [0.5, 0.6) is 0 Å². The first kappa shape index (κ1) is 19.9. The normalized spacial score (nSPS) is 10.4. The summed E-state index contributed by atoms with van der Waals surface area (Å²) in [6.45, 7) is -0.444. The predicted octanol–water partition coefficient (Wildman–Crippen LogP) is 5.38. The first-order valence-electron chi connectivity index (χ1n) is 8.57. The Morgan fingerprint density at radius 2 is 1.46 bits per heavy atom. The van der Waals surface area contributed by atoms with Crippen LogP contribution < -0.4 is 5.32 Å². The largest absolute Gasteiger partial charge is 0.452 e. The molecule has 6 heteroatoms. The summed E-state index contributed by atoms with van der Waals surface area (Å²) in [6.07, 6.45) is 0.591. The number of para-hydroxylation sites is 1. The van der Waals surface area contributed by atoms with E-state index in [0.29, 0.717) is 22.0 Å². The van der Waals surface area contributed by atoms with Crippen molar-refractivity contribution in [2.75, 3.05) is 11.9 Å². The van der Waals surface area contributed by atoms with Crippen molar-refractivity contribution < 1.29 is 14.3 Å². The van der Waals surface area contributed by atoms with E-state index < -0.39 is 18.5 Å². The van der Waals surface area contributed by atoms with Gasteiger partial charge >= 0.3 is 5.97 Å². The van der Waals surface area contributed by atoms with E-state index in [1.807, 2.05) is 42.5 Å². The van der Waals surface area contributed by atoms with Gasteiger partial charge in [-0.2, -0.15) is 0 Å². The van der Waals surface area contributed by atoms with E-state index >= 15 is 0 Å². The first-order valence-corrected chi connectivity index (χ1v) is 9.33. The molecule has 0 heterocycles. The molecule has 1 N–H and O–H groups in total. The van der Waals surface area contributed by atoms with Gasteiger partial charge in [-0.3, -0.25) is 4.79 Å². The quantitative estimate of drug-likeness (QED) is 0.551. The Kier molecular flexibility index (Phi) is 6.69. The second-order valence-corrected chi connectivity index (χ2v) is 6.85. The Hall–Kier alpha value is -2.82. The smallest absolute Gasteiger partial charge is 0.338 e. The highest BCUT2D eigenvalue weighted by atomic mass is 35.5. The molecule has 4 nitrogen and oxygen atoms in total. The maximum absolute atomic E-state index is 12.5. The standard InChI is InChI=1S/C22H17Cl2NO3/c23-18-11-6-12-19(24)21(18)25-20(26)14-28-22(27)17-10-5-4-9-16(17)13-15-7-2-1-3-8-15/h1-12H,13-14H2,(H,25,26). The fourth-order valence-electron chi connectivity index (χ4n) is 2.69. The maximum atomic E-state index is 12.5. The van der Waals surface area contributed by atoms with Crippen LogP contribution in [0.4, 0.5) is 5.69 Å². The molecule has 0 saturated heterocycles. The molecule has 0 unspecified atom stereocenters. The van der Waals surface area contributed by atoms with Crippen LogP contribution >= 0.6 is 23.2 Å². The first-order chi connectivity index (χ1) is 13.5. The molecule has 0 bridgehead atoms. The second-order valence-electron chi connectivity index (χ2n) is 6.04. The number of amides is 1. The molecule has 0 spiro atoms. The fraction of sp³-hybridized carbons (Fsp3) is 0.0909. The molecule has 0 aliphatic rings. The average Bonchev–Trinajstić information content (AvgIpc) is 2.70. The number of halogens is 2. The summed E-state index contributed by atoms with van der Waals surface area (Å²) in [5.41, 5.74) is 2.62. The molecule has 142 valence electrons. The monoisotopic (exact) mass is 413 g/mol. The molecule has 0 saturated carbocycles. The van der Waals surface area contributed by atoms with Crippen molar-refractivity contribution in [1.82, 2.24) is 0 Å². The summed E-state index contributed by atoms with van der Waals surface area (Å²) >= 11 is 12.0. The third-order valence-electron chi connectivity index (χ3n) is 4.04. The van der Waals surface area contributed by atoms with Gasteiger partial charge in [0.15, 0.2) is 6.61 Å². The van der Waals surface area contributed by atoms with Gasteiger partial charge in [0.25, 0.3) is 5.91 Å². The summed E-state index contributed by atoms with van der Waals surface area (Å²) < 4.78 is 5.18. The van der Waals surface area contributed by atoms with E-state index in [0.717, 1.165) is 11.1 Å². The summed E-state index contributed by atoms with van der Waals surface area (Å²) in [7, 11) is 0. The number of ether oxygens (including phenoxy) is 1. The van der Waals surface area contributed by atoms with E-state index in [1.54, 1.807) is 30.3 Å². The minimum atomic E-state index is -0.563. The van der Waals surface area contributed by atoms with E-state index in [4.69, 9.17) is 27.9 Å². The third kappa shape index (κ3) is 5.12. The molecule has 0 radical (unpaired) electrons. The van der Waals surface area contributed by atoms with Gasteiger partial charge in [-0.15, -0.1) is 0 Å². The number of carbonyl (C=O) groups is 2. The van der Waals surface area contributed by atoms with Crippen LogP contribution in [-0.4, -0.2) is 18.5 Å². The van der Waals surface area contributed by atoms with E-state index in [9.17, 15) is 9.59 Å². The summed E-state index contributed by atoms with van der Waals surface area (Å²) in [5, 5.41) is 3.17. The zero-order valence-electron chi connectivity index (χ0n) is 14.8. The van der Waals surface area contributed by atoms with Gasteiger partial charge in [-0.05, 0) is 35.7 Å². The number of anilines is 1. The number of hydrogen-bond acceptors (Lipinski definition) is 3. The lowest BCUT2D eigenvalue weighted by Crippen LogP contribution is -2.21. The van der Waals surface area contributed by atoms with Gasteiger partial charge in [0.1, 0.15) is 0 Å². The average molecular weight is 414 g/mol. The van der Waals surface area contributed by atoms with Crippen LogP contribution in [0, 0.1) is 0 Å². The van der Waals surface area contributed by atoms with Crippen LogP contribution in [0.3, 0.4) is 0 Å². The third-order valence-corrected chi connectivity index (χ3v) is 4.67. The van der Waals surface area contributed by atoms with E-state index in [-0.39, 0.29) is 5.69 Å². The van der Waals surface area contributed by atoms with Crippen molar-refractivity contribution in [2.45, 2.75) is 6.42 Å². The van der Waals surface area contributed by atoms with Crippen LogP contribution in [0.1, 0.15) is 21.5 Å². The Morgan fingerprint density at radius 3 is 2.18 bits per heavy atom. The molecule has 0 atom stereocenters. The number of esters is 1. The molecule has 3 aromatic carbocycles. The van der Waals surface area contributed by atoms with Gasteiger partial charge in [-0.1, -0.05) is 77.8 Å². The lowest BCUT2D eigenvalue weighted by molar-refractivity contribution is -0.119. The van der Waals surface area contributed by atoms with E-state index in [1.165, 1.54) is 0 Å². The summed E-state index contributed by atoms with van der Waals surface area (Å²) in [4.78, 5) is 24.6. The number of carbonyl (C=O) groups excluding carboxylic acids is 2. The van der Waals surface area contributed by atoms with Gasteiger partial charge in [-0.25, -0.2) is 4.79 Å². The van der Waals surface area contributed by atoms with Crippen molar-refractivity contribution in [3.05, 3.63) is 99.5 Å². The van der Waals surface area contributed by atoms with Gasteiger partial charge in [0.2, 0.25) is 0 Å². The Labute approximate surface area is 173 Å². The maximum Gasteiger partial charge on any atom is 0.338 e. The number of benzene rings is 3. The highest BCUT2D eigenvalue weighted by Crippen LogP contribution is 2.29.